The molecule has 1 fully saturated rings. The first-order valence-electron chi connectivity index (χ1n) is 6.65. The summed E-state index contributed by atoms with van der Waals surface area (Å²) in [5.41, 5.74) is 0.0608. The van der Waals surface area contributed by atoms with Crippen molar-refractivity contribution in [1.82, 2.24) is 5.32 Å². The maximum absolute atomic E-state index is 12.1. The third-order valence-electron chi connectivity index (χ3n) is 3.19. The quantitative estimate of drug-likeness (QED) is 0.838. The molecule has 0 aliphatic carbocycles. The predicted octanol–water partition coefficient (Wildman–Crippen LogP) is 0.788. The minimum absolute atomic E-state index is 0.0608. The van der Waals surface area contributed by atoms with Gasteiger partial charge in [0.2, 0.25) is 5.91 Å². The Morgan fingerprint density at radius 2 is 2.05 bits per heavy atom. The average Bonchev–Trinajstić information content (AvgIpc) is 2.48. The van der Waals surface area contributed by atoms with E-state index in [1.54, 1.807) is 6.07 Å². The van der Waals surface area contributed by atoms with E-state index in [2.05, 4.69) is 5.32 Å². The fourth-order valence-electron chi connectivity index (χ4n) is 2.08. The minimum Gasteiger partial charge on any atom is -0.478 e. The second-order valence-electron chi connectivity index (χ2n) is 4.78. The highest BCUT2D eigenvalue weighted by molar-refractivity contribution is 7.85. The van der Waals surface area contributed by atoms with E-state index in [1.165, 1.54) is 18.2 Å². The van der Waals surface area contributed by atoms with Crippen molar-refractivity contribution in [3.8, 4) is 0 Å². The summed E-state index contributed by atoms with van der Waals surface area (Å²) in [7, 11) is -1.55. The van der Waals surface area contributed by atoms with Crippen LogP contribution in [0, 0.1) is 0 Å². The molecule has 1 aliphatic heterocycles. The number of carbonyl (C=O) groups excluding carboxylic acids is 1. The highest BCUT2D eigenvalue weighted by atomic mass is 32.2. The maximum Gasteiger partial charge on any atom is 0.335 e. The van der Waals surface area contributed by atoms with Crippen LogP contribution in [0.3, 0.4) is 0 Å². The lowest BCUT2D eigenvalue weighted by Crippen LogP contribution is -2.40. The summed E-state index contributed by atoms with van der Waals surface area (Å²) in [6, 6.07) is 5.90. The summed E-state index contributed by atoms with van der Waals surface area (Å²) in [4.78, 5) is 23.1. The molecule has 1 saturated heterocycles. The molecule has 21 heavy (non-hydrogen) atoms. The van der Waals surface area contributed by atoms with Crippen molar-refractivity contribution in [2.45, 2.75) is 23.8 Å². The average molecular weight is 311 g/mol. The molecule has 6 nitrogen and oxygen atoms in total. The van der Waals surface area contributed by atoms with E-state index in [0.29, 0.717) is 18.1 Å². The lowest BCUT2D eigenvalue weighted by atomic mass is 10.1. The molecule has 0 spiro atoms. The second kappa shape index (κ2) is 7.33. The topological polar surface area (TPSA) is 92.7 Å². The van der Waals surface area contributed by atoms with Crippen molar-refractivity contribution < 1.29 is 23.6 Å². The van der Waals surface area contributed by atoms with Crippen molar-refractivity contribution in [1.29, 1.82) is 0 Å². The van der Waals surface area contributed by atoms with Crippen molar-refractivity contribution >= 4 is 22.7 Å². The zero-order valence-electron chi connectivity index (χ0n) is 11.4. The van der Waals surface area contributed by atoms with E-state index in [1.807, 2.05) is 0 Å². The number of nitrogens with one attached hydrogen (secondary N) is 1. The standard InChI is InChI=1S/C14H17NO5S/c16-13(15-11-4-6-20-7-5-11)9-21(19)12-3-1-2-10(8-12)14(17)18/h1-3,8,11H,4-7,9H2,(H,15,16)(H,17,18). The molecular weight excluding hydrogens is 294 g/mol. The molecule has 2 N–H and O–H groups in total. The van der Waals surface area contributed by atoms with Crippen LogP contribution in [0.15, 0.2) is 29.2 Å². The van der Waals surface area contributed by atoms with Crippen molar-refractivity contribution in [3.05, 3.63) is 29.8 Å². The molecule has 0 bridgehead atoms. The van der Waals surface area contributed by atoms with Gasteiger partial charge >= 0.3 is 5.97 Å². The normalized spacial score (nSPS) is 17.1. The minimum atomic E-state index is -1.55. The van der Waals surface area contributed by atoms with Crippen LogP contribution >= 0.6 is 0 Å². The van der Waals surface area contributed by atoms with Gasteiger partial charge in [-0.3, -0.25) is 9.00 Å². The van der Waals surface area contributed by atoms with Gasteiger partial charge in [0.05, 0.1) is 16.4 Å². The van der Waals surface area contributed by atoms with Crippen LogP contribution in [-0.4, -0.2) is 46.2 Å². The molecule has 1 amide bonds. The maximum atomic E-state index is 12.1. The molecule has 1 aromatic carbocycles. The monoisotopic (exact) mass is 311 g/mol. The second-order valence-corrected chi connectivity index (χ2v) is 6.23. The van der Waals surface area contributed by atoms with Gasteiger partial charge < -0.3 is 15.2 Å². The summed E-state index contributed by atoms with van der Waals surface area (Å²) in [6.45, 7) is 1.24. The van der Waals surface area contributed by atoms with Gasteiger partial charge in [0.15, 0.2) is 0 Å². The van der Waals surface area contributed by atoms with Crippen LogP contribution < -0.4 is 5.32 Å². The van der Waals surface area contributed by atoms with Crippen LogP contribution in [0.25, 0.3) is 0 Å². The highest BCUT2D eigenvalue weighted by Gasteiger charge is 2.18. The number of carboxylic acids is 1. The van der Waals surface area contributed by atoms with Crippen LogP contribution in [-0.2, 0) is 20.3 Å². The first-order valence-corrected chi connectivity index (χ1v) is 7.97. The van der Waals surface area contributed by atoms with Gasteiger partial charge in [0, 0.05) is 24.2 Å². The van der Waals surface area contributed by atoms with Crippen LogP contribution in [0.4, 0.5) is 0 Å². The lowest BCUT2D eigenvalue weighted by Gasteiger charge is -2.22. The Labute approximate surface area is 125 Å². The molecule has 114 valence electrons. The Balaban J connectivity index is 1.92. The Morgan fingerprint density at radius 1 is 1.33 bits per heavy atom. The van der Waals surface area contributed by atoms with Gasteiger partial charge in [-0.25, -0.2) is 4.79 Å². The number of amides is 1. The fourth-order valence-corrected chi connectivity index (χ4v) is 3.06. The molecule has 1 atom stereocenters. The van der Waals surface area contributed by atoms with E-state index < -0.39 is 16.8 Å². The van der Waals surface area contributed by atoms with Gasteiger partial charge in [-0.15, -0.1) is 0 Å². The molecule has 0 radical (unpaired) electrons. The molecule has 0 aromatic heterocycles. The number of benzene rings is 1. The summed E-state index contributed by atoms with van der Waals surface area (Å²) >= 11 is 0. The van der Waals surface area contributed by atoms with Gasteiger partial charge in [-0.2, -0.15) is 0 Å². The van der Waals surface area contributed by atoms with Crippen molar-refractivity contribution in [2.24, 2.45) is 0 Å². The molecule has 1 aromatic rings. The van der Waals surface area contributed by atoms with Gasteiger partial charge in [-0.05, 0) is 31.0 Å². The number of hydrogen-bond acceptors (Lipinski definition) is 4. The number of rotatable bonds is 5. The fraction of sp³-hybridized carbons (Fsp3) is 0.429. The smallest absolute Gasteiger partial charge is 0.335 e. The van der Waals surface area contributed by atoms with Crippen LogP contribution in [0.1, 0.15) is 23.2 Å². The molecule has 1 heterocycles. The number of carboxylic acid groups (broad SMARTS) is 1. The van der Waals surface area contributed by atoms with E-state index in [4.69, 9.17) is 9.84 Å². The van der Waals surface area contributed by atoms with E-state index >= 15 is 0 Å². The zero-order valence-corrected chi connectivity index (χ0v) is 12.2. The molecule has 1 unspecified atom stereocenters. The zero-order chi connectivity index (χ0) is 15.2. The first-order chi connectivity index (χ1) is 10.1. The molecule has 2 rings (SSSR count). The Hall–Kier alpha value is -1.73. The summed E-state index contributed by atoms with van der Waals surface area (Å²) < 4.78 is 17.3. The number of carbonyl (C=O) groups is 2. The van der Waals surface area contributed by atoms with Gasteiger partial charge in [0.25, 0.3) is 0 Å². The largest absolute Gasteiger partial charge is 0.478 e. The lowest BCUT2D eigenvalue weighted by molar-refractivity contribution is -0.119. The summed E-state index contributed by atoms with van der Waals surface area (Å²) in [6.07, 6.45) is 1.51. The van der Waals surface area contributed by atoms with Crippen molar-refractivity contribution in [2.75, 3.05) is 19.0 Å². The number of hydrogen-bond donors (Lipinski definition) is 2. The molecule has 7 heteroatoms. The number of ether oxygens (including phenoxy) is 1. The van der Waals surface area contributed by atoms with Crippen molar-refractivity contribution in [3.63, 3.8) is 0 Å². The number of aromatic carboxylic acids is 1. The van der Waals surface area contributed by atoms with E-state index in [0.717, 1.165) is 12.8 Å². The van der Waals surface area contributed by atoms with Crippen LogP contribution in [0.2, 0.25) is 0 Å². The Kier molecular flexibility index (Phi) is 5.46. The van der Waals surface area contributed by atoms with Gasteiger partial charge in [0.1, 0.15) is 5.75 Å². The van der Waals surface area contributed by atoms with E-state index in [9.17, 15) is 13.8 Å². The third-order valence-corrected chi connectivity index (χ3v) is 4.50. The SMILES string of the molecule is O=C(CS(=O)c1cccc(C(=O)O)c1)NC1CCOCC1. The predicted molar refractivity (Wildman–Crippen MR) is 76.7 cm³/mol. The van der Waals surface area contributed by atoms with Crippen LogP contribution in [0.5, 0.6) is 0 Å². The Morgan fingerprint density at radius 3 is 2.71 bits per heavy atom. The third kappa shape index (κ3) is 4.64. The Bertz CT molecular complexity index is 554. The summed E-state index contributed by atoms with van der Waals surface area (Å²) in [5, 5.41) is 11.7. The van der Waals surface area contributed by atoms with E-state index in [-0.39, 0.29) is 23.3 Å². The first kappa shape index (κ1) is 15.7. The highest BCUT2D eigenvalue weighted by Crippen LogP contribution is 2.11. The molecular formula is C14H17NO5S. The molecule has 1 aliphatic rings. The van der Waals surface area contributed by atoms with Gasteiger partial charge in [-0.1, -0.05) is 6.07 Å². The molecule has 0 saturated carbocycles. The summed E-state index contributed by atoms with van der Waals surface area (Å²) in [5.74, 6) is -1.54.